The summed E-state index contributed by atoms with van der Waals surface area (Å²) >= 11 is 1.77. The molecule has 5 nitrogen and oxygen atoms in total. The Morgan fingerprint density at radius 3 is 2.83 bits per heavy atom. The van der Waals surface area contributed by atoms with Crippen molar-refractivity contribution in [2.45, 2.75) is 31.6 Å². The average molecular weight is 412 g/mol. The number of allylic oxidation sites excluding steroid dienone is 1. The molecule has 1 aliphatic carbocycles. The standard InChI is InChI=1S/C23H25NO4S/c1-26-16-6-4-15(5-7-16)20-13-27-23-18(22(20)25)8-9-21-19(23)12-24(14-28-21)11-17-3-2-10-29-17/h2-7,10,13,18-19,21,23H,8-9,11-12,14H2,1H3. The minimum Gasteiger partial charge on any atom is -0.497 e. The molecule has 4 atom stereocenters. The van der Waals surface area contributed by atoms with E-state index < -0.39 is 0 Å². The van der Waals surface area contributed by atoms with Crippen LogP contribution in [0.25, 0.3) is 5.57 Å². The number of rotatable bonds is 4. The van der Waals surface area contributed by atoms with Gasteiger partial charge in [0.15, 0.2) is 5.78 Å². The van der Waals surface area contributed by atoms with E-state index in [1.165, 1.54) is 4.88 Å². The lowest BCUT2D eigenvalue weighted by molar-refractivity contribution is -0.171. The Balaban J connectivity index is 1.34. The van der Waals surface area contributed by atoms with Gasteiger partial charge in [-0.2, -0.15) is 0 Å². The van der Waals surface area contributed by atoms with E-state index in [9.17, 15) is 4.79 Å². The summed E-state index contributed by atoms with van der Waals surface area (Å²) < 4.78 is 17.6. The molecule has 3 aliphatic rings. The predicted octanol–water partition coefficient (Wildman–Crippen LogP) is 3.95. The number of hydrogen-bond acceptors (Lipinski definition) is 6. The molecule has 3 heterocycles. The zero-order valence-corrected chi connectivity index (χ0v) is 17.3. The molecule has 29 heavy (non-hydrogen) atoms. The zero-order valence-electron chi connectivity index (χ0n) is 16.5. The van der Waals surface area contributed by atoms with E-state index in [2.05, 4.69) is 22.4 Å². The quantitative estimate of drug-likeness (QED) is 0.762. The molecule has 152 valence electrons. The van der Waals surface area contributed by atoms with E-state index in [1.807, 2.05) is 24.3 Å². The first-order valence-corrected chi connectivity index (χ1v) is 11.0. The molecule has 0 spiro atoms. The SMILES string of the molecule is COc1ccc(C2=COC3C(CCC4OCN(Cc5cccs5)CC43)C2=O)cc1. The Morgan fingerprint density at radius 2 is 2.07 bits per heavy atom. The number of fused-ring (bicyclic) bond motifs is 3. The number of thiophene rings is 1. The minimum atomic E-state index is -0.102. The smallest absolute Gasteiger partial charge is 0.173 e. The Labute approximate surface area is 174 Å². The summed E-state index contributed by atoms with van der Waals surface area (Å²) in [6, 6.07) is 11.8. The van der Waals surface area contributed by atoms with E-state index in [4.69, 9.17) is 14.2 Å². The number of nitrogens with zero attached hydrogens (tertiary/aromatic N) is 1. The topological polar surface area (TPSA) is 48.0 Å². The van der Waals surface area contributed by atoms with Crippen molar-refractivity contribution >= 4 is 22.7 Å². The Hall–Kier alpha value is -2.15. The summed E-state index contributed by atoms with van der Waals surface area (Å²) in [5, 5.41) is 2.11. The van der Waals surface area contributed by atoms with Crippen LogP contribution in [0.1, 0.15) is 23.3 Å². The molecule has 2 aromatic rings. The van der Waals surface area contributed by atoms with Crippen LogP contribution in [-0.4, -0.2) is 43.3 Å². The number of carbonyl (C=O) groups excluding carboxylic acids is 1. The molecular formula is C23H25NO4S. The zero-order chi connectivity index (χ0) is 19.8. The van der Waals surface area contributed by atoms with Gasteiger partial charge < -0.3 is 14.2 Å². The number of carbonyl (C=O) groups is 1. The molecule has 0 N–H and O–H groups in total. The summed E-state index contributed by atoms with van der Waals surface area (Å²) in [7, 11) is 1.64. The van der Waals surface area contributed by atoms with Crippen LogP contribution < -0.4 is 4.74 Å². The molecule has 2 fully saturated rings. The lowest BCUT2D eigenvalue weighted by Gasteiger charge is -2.48. The van der Waals surface area contributed by atoms with Gasteiger partial charge in [0.2, 0.25) is 0 Å². The van der Waals surface area contributed by atoms with Gasteiger partial charge in [-0.3, -0.25) is 9.69 Å². The van der Waals surface area contributed by atoms with E-state index in [0.29, 0.717) is 12.3 Å². The highest BCUT2D eigenvalue weighted by Gasteiger charge is 2.49. The van der Waals surface area contributed by atoms with Crippen LogP contribution in [0.15, 0.2) is 48.0 Å². The van der Waals surface area contributed by atoms with Gasteiger partial charge >= 0.3 is 0 Å². The van der Waals surface area contributed by atoms with Crippen molar-refractivity contribution in [2.75, 3.05) is 20.4 Å². The van der Waals surface area contributed by atoms with Gasteiger partial charge in [0.1, 0.15) is 11.9 Å². The predicted molar refractivity (Wildman–Crippen MR) is 112 cm³/mol. The third kappa shape index (κ3) is 3.61. The third-order valence-corrected chi connectivity index (χ3v) is 7.17. The van der Waals surface area contributed by atoms with Crippen molar-refractivity contribution in [3.05, 3.63) is 58.5 Å². The Bertz CT molecular complexity index is 892. The molecule has 0 radical (unpaired) electrons. The second-order valence-electron chi connectivity index (χ2n) is 8.00. The molecule has 0 amide bonds. The van der Waals surface area contributed by atoms with Gasteiger partial charge in [-0.15, -0.1) is 11.3 Å². The molecule has 1 saturated heterocycles. The summed E-state index contributed by atoms with van der Waals surface area (Å²) in [4.78, 5) is 17.0. The van der Waals surface area contributed by atoms with Gasteiger partial charge in [0, 0.05) is 23.9 Å². The second-order valence-corrected chi connectivity index (χ2v) is 9.03. The Kier molecular flexibility index (Phi) is 5.16. The third-order valence-electron chi connectivity index (χ3n) is 6.30. The van der Waals surface area contributed by atoms with Crippen molar-refractivity contribution in [2.24, 2.45) is 11.8 Å². The average Bonchev–Trinajstić information content (AvgIpc) is 3.27. The van der Waals surface area contributed by atoms with Crippen molar-refractivity contribution in [1.29, 1.82) is 0 Å². The summed E-state index contributed by atoms with van der Waals surface area (Å²) in [5.41, 5.74) is 1.55. The molecule has 1 saturated carbocycles. The van der Waals surface area contributed by atoms with Gasteiger partial charge in [-0.05, 0) is 42.0 Å². The molecule has 2 aliphatic heterocycles. The van der Waals surface area contributed by atoms with Crippen LogP contribution in [0.2, 0.25) is 0 Å². The molecular weight excluding hydrogens is 386 g/mol. The monoisotopic (exact) mass is 411 g/mol. The second kappa shape index (κ2) is 7.94. The van der Waals surface area contributed by atoms with Crippen molar-refractivity contribution in [3.8, 4) is 5.75 Å². The maximum Gasteiger partial charge on any atom is 0.173 e. The van der Waals surface area contributed by atoms with E-state index in [1.54, 1.807) is 24.7 Å². The van der Waals surface area contributed by atoms with Crippen LogP contribution in [0.4, 0.5) is 0 Å². The number of ketones is 1. The number of methoxy groups -OCH3 is 1. The normalized spacial score (nSPS) is 29.4. The van der Waals surface area contributed by atoms with Gasteiger partial charge in [-0.1, -0.05) is 18.2 Å². The summed E-state index contributed by atoms with van der Waals surface area (Å²) in [6.07, 6.45) is 3.49. The maximum atomic E-state index is 13.3. The number of benzene rings is 1. The lowest BCUT2D eigenvalue weighted by atomic mass is 9.71. The fourth-order valence-electron chi connectivity index (χ4n) is 4.81. The molecule has 4 unspecified atom stereocenters. The fourth-order valence-corrected chi connectivity index (χ4v) is 5.55. The molecule has 6 heteroatoms. The van der Waals surface area contributed by atoms with E-state index >= 15 is 0 Å². The van der Waals surface area contributed by atoms with Gasteiger partial charge in [0.05, 0.1) is 37.7 Å². The summed E-state index contributed by atoms with van der Waals surface area (Å²) in [6.45, 7) is 2.44. The minimum absolute atomic E-state index is 0.0939. The van der Waals surface area contributed by atoms with Gasteiger partial charge in [0.25, 0.3) is 0 Å². The van der Waals surface area contributed by atoms with Gasteiger partial charge in [-0.25, -0.2) is 0 Å². The molecule has 5 rings (SSSR count). The summed E-state index contributed by atoms with van der Waals surface area (Å²) in [5.74, 6) is 1.10. The largest absolute Gasteiger partial charge is 0.497 e. The lowest BCUT2D eigenvalue weighted by Crippen LogP contribution is -2.56. The van der Waals surface area contributed by atoms with Crippen molar-refractivity contribution in [3.63, 3.8) is 0 Å². The van der Waals surface area contributed by atoms with Crippen LogP contribution in [0.3, 0.4) is 0 Å². The Morgan fingerprint density at radius 1 is 1.21 bits per heavy atom. The van der Waals surface area contributed by atoms with Crippen LogP contribution in [0, 0.1) is 11.8 Å². The van der Waals surface area contributed by atoms with Crippen LogP contribution in [-0.2, 0) is 20.8 Å². The first kappa shape index (κ1) is 18.9. The van der Waals surface area contributed by atoms with E-state index in [0.717, 1.165) is 37.2 Å². The molecule has 0 bridgehead atoms. The van der Waals surface area contributed by atoms with Crippen molar-refractivity contribution < 1.29 is 19.0 Å². The molecule has 1 aromatic heterocycles. The number of Topliss-reactive ketones (excluding diaryl/α,β-unsaturated/α-hetero) is 1. The number of hydrogen-bond donors (Lipinski definition) is 0. The van der Waals surface area contributed by atoms with E-state index in [-0.39, 0.29) is 29.8 Å². The fraction of sp³-hybridized carbons (Fsp3) is 0.435. The first-order chi connectivity index (χ1) is 14.2. The van der Waals surface area contributed by atoms with Crippen LogP contribution >= 0.6 is 11.3 Å². The van der Waals surface area contributed by atoms with Crippen LogP contribution in [0.5, 0.6) is 5.75 Å². The maximum absolute atomic E-state index is 13.3. The first-order valence-electron chi connectivity index (χ1n) is 10.1. The highest BCUT2D eigenvalue weighted by atomic mass is 32.1. The highest BCUT2D eigenvalue weighted by molar-refractivity contribution is 7.09. The number of ether oxygens (including phenoxy) is 3. The van der Waals surface area contributed by atoms with Crippen molar-refractivity contribution in [1.82, 2.24) is 4.90 Å². The highest BCUT2D eigenvalue weighted by Crippen LogP contribution is 2.42. The molecule has 1 aromatic carbocycles.